The van der Waals surface area contributed by atoms with Crippen molar-refractivity contribution in [3.8, 4) is 0 Å². The largest absolute Gasteiger partial charge is 0.481 e. The minimum Gasteiger partial charge on any atom is -0.481 e. The zero-order valence-corrected chi connectivity index (χ0v) is 12.8. The monoisotopic (exact) mass is 313 g/mol. The molecule has 0 saturated carbocycles. The Morgan fingerprint density at radius 1 is 1.26 bits per heavy atom. The number of amides is 1. The highest BCUT2D eigenvalue weighted by molar-refractivity contribution is 5.94. The van der Waals surface area contributed by atoms with Crippen molar-refractivity contribution in [1.29, 1.82) is 0 Å². The van der Waals surface area contributed by atoms with Crippen LogP contribution in [-0.2, 0) is 11.3 Å². The van der Waals surface area contributed by atoms with Gasteiger partial charge in [-0.05, 0) is 36.6 Å². The van der Waals surface area contributed by atoms with Gasteiger partial charge in [-0.2, -0.15) is 5.10 Å². The maximum atomic E-state index is 12.5. The predicted octanol–water partition coefficient (Wildman–Crippen LogP) is 1.87. The molecule has 1 amide bonds. The number of carbonyl (C=O) groups excluding carboxylic acids is 1. The lowest BCUT2D eigenvalue weighted by atomic mass is 9.97. The van der Waals surface area contributed by atoms with Crippen molar-refractivity contribution in [1.82, 2.24) is 14.7 Å². The summed E-state index contributed by atoms with van der Waals surface area (Å²) in [6, 6.07) is 9.28. The van der Waals surface area contributed by atoms with Gasteiger partial charge < -0.3 is 10.0 Å². The van der Waals surface area contributed by atoms with E-state index in [1.165, 1.54) is 0 Å². The number of aromatic nitrogens is 2. The highest BCUT2D eigenvalue weighted by atomic mass is 16.4. The van der Waals surface area contributed by atoms with Gasteiger partial charge in [-0.3, -0.25) is 14.3 Å². The lowest BCUT2D eigenvalue weighted by Crippen LogP contribution is -2.42. The van der Waals surface area contributed by atoms with E-state index in [2.05, 4.69) is 5.10 Å². The quantitative estimate of drug-likeness (QED) is 0.935. The molecular formula is C17H19N3O3. The maximum absolute atomic E-state index is 12.5. The summed E-state index contributed by atoms with van der Waals surface area (Å²) in [7, 11) is 0. The van der Waals surface area contributed by atoms with Gasteiger partial charge in [0.1, 0.15) is 0 Å². The van der Waals surface area contributed by atoms with E-state index in [1.54, 1.807) is 23.2 Å². The average molecular weight is 313 g/mol. The van der Waals surface area contributed by atoms with Crippen molar-refractivity contribution in [2.75, 3.05) is 13.1 Å². The number of aliphatic carboxylic acids is 1. The predicted molar refractivity (Wildman–Crippen MR) is 84.0 cm³/mol. The second kappa shape index (κ2) is 6.64. The van der Waals surface area contributed by atoms with E-state index >= 15 is 0 Å². The maximum Gasteiger partial charge on any atom is 0.308 e. The third kappa shape index (κ3) is 3.59. The summed E-state index contributed by atoms with van der Waals surface area (Å²) in [5.41, 5.74) is 1.66. The van der Waals surface area contributed by atoms with Gasteiger partial charge >= 0.3 is 5.97 Å². The molecule has 23 heavy (non-hydrogen) atoms. The topological polar surface area (TPSA) is 75.4 Å². The molecule has 6 heteroatoms. The first kappa shape index (κ1) is 15.3. The number of likely N-dealkylation sites (tertiary alicyclic amines) is 1. The molecule has 1 N–H and O–H groups in total. The molecule has 0 unspecified atom stereocenters. The smallest absolute Gasteiger partial charge is 0.308 e. The summed E-state index contributed by atoms with van der Waals surface area (Å²) < 4.78 is 1.82. The highest BCUT2D eigenvalue weighted by Gasteiger charge is 2.28. The Kier molecular flexibility index (Phi) is 4.41. The zero-order valence-electron chi connectivity index (χ0n) is 12.8. The molecule has 2 aromatic rings. The van der Waals surface area contributed by atoms with Gasteiger partial charge in [0.05, 0.1) is 12.5 Å². The number of piperidine rings is 1. The van der Waals surface area contributed by atoms with Gasteiger partial charge in [-0.25, -0.2) is 0 Å². The molecule has 1 atom stereocenters. The molecule has 0 bridgehead atoms. The summed E-state index contributed by atoms with van der Waals surface area (Å²) in [6.45, 7) is 1.58. The van der Waals surface area contributed by atoms with Crippen LogP contribution in [0.5, 0.6) is 0 Å². The summed E-state index contributed by atoms with van der Waals surface area (Å²) >= 11 is 0. The van der Waals surface area contributed by atoms with Gasteiger partial charge in [0.15, 0.2) is 0 Å². The first-order chi connectivity index (χ1) is 11.1. The molecule has 1 aromatic carbocycles. The number of rotatable bonds is 4. The van der Waals surface area contributed by atoms with Gasteiger partial charge in [-0.1, -0.05) is 12.1 Å². The first-order valence-electron chi connectivity index (χ1n) is 7.72. The van der Waals surface area contributed by atoms with Crippen molar-refractivity contribution in [3.05, 3.63) is 53.9 Å². The van der Waals surface area contributed by atoms with Crippen LogP contribution in [0.3, 0.4) is 0 Å². The number of carboxylic acid groups (broad SMARTS) is 1. The fourth-order valence-corrected chi connectivity index (χ4v) is 2.88. The van der Waals surface area contributed by atoms with Crippen LogP contribution in [0.25, 0.3) is 0 Å². The number of carboxylic acids is 1. The molecule has 0 aliphatic carbocycles. The van der Waals surface area contributed by atoms with E-state index < -0.39 is 11.9 Å². The molecule has 1 fully saturated rings. The van der Waals surface area contributed by atoms with Gasteiger partial charge in [0.25, 0.3) is 5.91 Å². The normalized spacial score (nSPS) is 17.9. The average Bonchev–Trinajstić information content (AvgIpc) is 3.08. The van der Waals surface area contributed by atoms with E-state index in [4.69, 9.17) is 5.11 Å². The molecule has 1 aliphatic rings. The Balaban J connectivity index is 1.66. The number of hydrogen-bond acceptors (Lipinski definition) is 3. The fraction of sp³-hybridized carbons (Fsp3) is 0.353. The van der Waals surface area contributed by atoms with E-state index in [1.807, 2.05) is 29.1 Å². The SMILES string of the molecule is O=C(O)[C@@H]1CCCN(C(=O)c2ccc(Cn3cccn3)cc2)C1. The van der Waals surface area contributed by atoms with Crippen molar-refractivity contribution >= 4 is 11.9 Å². The minimum atomic E-state index is -0.822. The van der Waals surface area contributed by atoms with Gasteiger partial charge in [-0.15, -0.1) is 0 Å². The van der Waals surface area contributed by atoms with Crippen LogP contribution < -0.4 is 0 Å². The molecule has 120 valence electrons. The standard InChI is InChI=1S/C17H19N3O3/c21-16(19-9-1-3-15(12-19)17(22)23)14-6-4-13(5-7-14)11-20-10-2-8-18-20/h2,4-8,10,15H,1,3,9,11-12H2,(H,22,23)/t15-/m1/s1. The summed E-state index contributed by atoms with van der Waals surface area (Å²) in [5, 5.41) is 13.3. The van der Waals surface area contributed by atoms with Gasteiger partial charge in [0, 0.05) is 31.0 Å². The van der Waals surface area contributed by atoms with Crippen LogP contribution in [0.15, 0.2) is 42.7 Å². The second-order valence-electron chi connectivity index (χ2n) is 5.83. The molecule has 1 saturated heterocycles. The zero-order chi connectivity index (χ0) is 16.2. The summed E-state index contributed by atoms with van der Waals surface area (Å²) in [6.07, 6.45) is 4.99. The second-order valence-corrected chi connectivity index (χ2v) is 5.83. The number of carbonyl (C=O) groups is 2. The fourth-order valence-electron chi connectivity index (χ4n) is 2.88. The Bertz CT molecular complexity index is 680. The number of benzene rings is 1. The molecule has 0 spiro atoms. The summed E-state index contributed by atoms with van der Waals surface area (Å²) in [4.78, 5) is 25.3. The van der Waals surface area contributed by atoms with Crippen LogP contribution in [-0.4, -0.2) is 44.8 Å². The highest BCUT2D eigenvalue weighted by Crippen LogP contribution is 2.19. The minimum absolute atomic E-state index is 0.0958. The Hall–Kier alpha value is -2.63. The molecule has 0 radical (unpaired) electrons. The summed E-state index contributed by atoms with van der Waals surface area (Å²) in [5.74, 6) is -1.37. The molecule has 6 nitrogen and oxygen atoms in total. The van der Waals surface area contributed by atoms with Crippen LogP contribution >= 0.6 is 0 Å². The van der Waals surface area contributed by atoms with Crippen molar-refractivity contribution in [2.45, 2.75) is 19.4 Å². The first-order valence-corrected chi connectivity index (χ1v) is 7.72. The lowest BCUT2D eigenvalue weighted by molar-refractivity contribution is -0.143. The van der Waals surface area contributed by atoms with Crippen LogP contribution in [0.4, 0.5) is 0 Å². The van der Waals surface area contributed by atoms with Crippen molar-refractivity contribution in [2.24, 2.45) is 5.92 Å². The van der Waals surface area contributed by atoms with Gasteiger partial charge in [0.2, 0.25) is 0 Å². The third-order valence-electron chi connectivity index (χ3n) is 4.16. The van der Waals surface area contributed by atoms with Crippen LogP contribution in [0, 0.1) is 5.92 Å². The van der Waals surface area contributed by atoms with E-state index in [9.17, 15) is 9.59 Å². The number of nitrogens with zero attached hydrogens (tertiary/aromatic N) is 3. The van der Waals surface area contributed by atoms with E-state index in [0.29, 0.717) is 31.6 Å². The molecule has 1 aliphatic heterocycles. The molecule has 1 aromatic heterocycles. The number of hydrogen-bond donors (Lipinski definition) is 1. The van der Waals surface area contributed by atoms with E-state index in [-0.39, 0.29) is 5.91 Å². The molecule has 3 rings (SSSR count). The van der Waals surface area contributed by atoms with Crippen molar-refractivity contribution < 1.29 is 14.7 Å². The third-order valence-corrected chi connectivity index (χ3v) is 4.16. The Morgan fingerprint density at radius 3 is 2.70 bits per heavy atom. The van der Waals surface area contributed by atoms with E-state index in [0.717, 1.165) is 12.0 Å². The Labute approximate surface area is 134 Å². The molecular weight excluding hydrogens is 294 g/mol. The van der Waals surface area contributed by atoms with Crippen LogP contribution in [0.1, 0.15) is 28.8 Å². The van der Waals surface area contributed by atoms with Crippen LogP contribution in [0.2, 0.25) is 0 Å². The Morgan fingerprint density at radius 2 is 2.04 bits per heavy atom. The van der Waals surface area contributed by atoms with Crippen molar-refractivity contribution in [3.63, 3.8) is 0 Å². The molecule has 2 heterocycles. The lowest BCUT2D eigenvalue weighted by Gasteiger charge is -2.30.